The number of nitrogens with one attached hydrogen (secondary N) is 3. The number of carbonyl (C=O) groups excluding carboxylic acids is 3. The van der Waals surface area contributed by atoms with Crippen molar-refractivity contribution < 1.29 is 14.4 Å². The van der Waals surface area contributed by atoms with E-state index < -0.39 is 0 Å². The Morgan fingerprint density at radius 1 is 0.833 bits per heavy atom. The lowest BCUT2D eigenvalue weighted by atomic mass is 9.67. The predicted molar refractivity (Wildman–Crippen MR) is 164 cm³/mol. The van der Waals surface area contributed by atoms with E-state index in [1.54, 1.807) is 17.0 Å². The van der Waals surface area contributed by atoms with Gasteiger partial charge in [0, 0.05) is 84.0 Å². The van der Waals surface area contributed by atoms with Gasteiger partial charge >= 0.3 is 0 Å². The number of benzene rings is 3. The maximum Gasteiger partial charge on any atom is 0.228 e. The highest BCUT2D eigenvalue weighted by atomic mass is 16.2. The molecule has 1 atom stereocenters. The number of aromatic amines is 2. The fourth-order valence-corrected chi connectivity index (χ4v) is 7.04. The monoisotopic (exact) mass is 559 g/mol. The smallest absolute Gasteiger partial charge is 0.228 e. The van der Waals surface area contributed by atoms with Crippen molar-refractivity contribution in [3.05, 3.63) is 96.3 Å². The minimum Gasteiger partial charge on any atom is -0.361 e. The number of nitrogens with zero attached hydrogens (tertiary/aromatic N) is 2. The fourth-order valence-electron chi connectivity index (χ4n) is 7.04. The van der Waals surface area contributed by atoms with Crippen LogP contribution < -0.4 is 10.2 Å². The van der Waals surface area contributed by atoms with E-state index in [9.17, 15) is 14.4 Å². The highest BCUT2D eigenvalue weighted by Crippen LogP contribution is 2.47. The van der Waals surface area contributed by atoms with E-state index in [1.165, 1.54) is 28.8 Å². The van der Waals surface area contributed by atoms with Gasteiger partial charge in [-0.05, 0) is 60.4 Å². The quantitative estimate of drug-likeness (QED) is 0.262. The molecule has 42 heavy (non-hydrogen) atoms. The summed E-state index contributed by atoms with van der Waals surface area (Å²) in [6, 6.07) is 24.0. The zero-order valence-corrected chi connectivity index (χ0v) is 23.5. The highest BCUT2D eigenvalue weighted by Gasteiger charge is 2.44. The second-order valence-electron chi connectivity index (χ2n) is 11.5. The van der Waals surface area contributed by atoms with Crippen LogP contribution in [0, 0.1) is 5.92 Å². The van der Waals surface area contributed by atoms with Crippen LogP contribution in [0.25, 0.3) is 21.8 Å². The van der Waals surface area contributed by atoms with Gasteiger partial charge in [0.2, 0.25) is 17.7 Å². The van der Waals surface area contributed by atoms with Crippen LogP contribution in [0.3, 0.4) is 0 Å². The summed E-state index contributed by atoms with van der Waals surface area (Å²) < 4.78 is 0. The number of aromatic nitrogens is 2. The molecule has 1 unspecified atom stereocenters. The van der Waals surface area contributed by atoms with Crippen molar-refractivity contribution in [3.8, 4) is 0 Å². The molecule has 2 aromatic heterocycles. The van der Waals surface area contributed by atoms with E-state index in [-0.39, 0.29) is 35.5 Å². The summed E-state index contributed by atoms with van der Waals surface area (Å²) in [4.78, 5) is 48.7. The van der Waals surface area contributed by atoms with Crippen LogP contribution in [0.4, 0.5) is 11.4 Å². The van der Waals surface area contributed by atoms with E-state index in [2.05, 4.69) is 64.1 Å². The van der Waals surface area contributed by atoms with Crippen LogP contribution in [0.5, 0.6) is 0 Å². The number of hydrogen-bond acceptors (Lipinski definition) is 3. The Hall–Kier alpha value is -4.85. The van der Waals surface area contributed by atoms with Gasteiger partial charge in [0.15, 0.2) is 0 Å². The molecule has 5 aromatic rings. The minimum absolute atomic E-state index is 0.0483. The second-order valence-corrected chi connectivity index (χ2v) is 11.5. The summed E-state index contributed by atoms with van der Waals surface area (Å²) in [7, 11) is 0. The summed E-state index contributed by atoms with van der Waals surface area (Å²) >= 11 is 0. The number of likely N-dealkylation sites (tertiary alicyclic amines) is 1. The van der Waals surface area contributed by atoms with Crippen LogP contribution >= 0.6 is 0 Å². The topological polar surface area (TPSA) is 101 Å². The van der Waals surface area contributed by atoms with Gasteiger partial charge in [-0.25, -0.2) is 0 Å². The number of H-pyrrole nitrogens is 2. The number of amides is 3. The molecule has 2 fully saturated rings. The zero-order chi connectivity index (χ0) is 28.8. The molecule has 7 rings (SSSR count). The summed E-state index contributed by atoms with van der Waals surface area (Å²) in [6.45, 7) is 3.06. The first-order valence-corrected chi connectivity index (χ1v) is 14.5. The van der Waals surface area contributed by atoms with Crippen molar-refractivity contribution in [1.29, 1.82) is 0 Å². The van der Waals surface area contributed by atoms with Gasteiger partial charge in [-0.15, -0.1) is 0 Å². The lowest BCUT2D eigenvalue weighted by molar-refractivity contribution is -0.137. The molecule has 0 saturated carbocycles. The average Bonchev–Trinajstić information content (AvgIpc) is 3.74. The highest BCUT2D eigenvalue weighted by molar-refractivity contribution is 6.00. The lowest BCUT2D eigenvalue weighted by Gasteiger charge is -2.43. The number of hydrogen-bond donors (Lipinski definition) is 3. The first-order valence-electron chi connectivity index (χ1n) is 14.5. The number of piperidine rings is 1. The van der Waals surface area contributed by atoms with Gasteiger partial charge in [0.1, 0.15) is 0 Å². The van der Waals surface area contributed by atoms with Crippen LogP contribution in [-0.4, -0.2) is 52.2 Å². The molecule has 4 heterocycles. The average molecular weight is 560 g/mol. The maximum atomic E-state index is 13.8. The van der Waals surface area contributed by atoms with E-state index >= 15 is 0 Å². The van der Waals surface area contributed by atoms with Crippen molar-refractivity contribution in [2.45, 2.75) is 31.6 Å². The summed E-state index contributed by atoms with van der Waals surface area (Å²) in [6.07, 6.45) is 6.08. The number of carbonyl (C=O) groups is 3. The van der Waals surface area contributed by atoms with E-state index in [1.807, 2.05) is 29.2 Å². The van der Waals surface area contributed by atoms with Gasteiger partial charge in [0.05, 0.1) is 5.92 Å². The Morgan fingerprint density at radius 3 is 1.98 bits per heavy atom. The van der Waals surface area contributed by atoms with E-state index in [0.29, 0.717) is 25.3 Å². The Morgan fingerprint density at radius 2 is 1.40 bits per heavy atom. The first kappa shape index (κ1) is 26.1. The molecule has 0 radical (unpaired) electrons. The molecule has 0 bridgehead atoms. The van der Waals surface area contributed by atoms with Crippen molar-refractivity contribution in [2.24, 2.45) is 5.92 Å². The lowest BCUT2D eigenvalue weighted by Crippen LogP contribution is -2.47. The van der Waals surface area contributed by atoms with E-state index in [0.717, 1.165) is 29.6 Å². The Bertz CT molecular complexity index is 1730. The summed E-state index contributed by atoms with van der Waals surface area (Å²) in [5.74, 6) is -0.525. The predicted octanol–water partition coefficient (Wildman–Crippen LogP) is 5.57. The SMILES string of the molecule is CC(=O)Nc1ccc(N2CC(C(=O)N3CCC(c4c[nH]c5ccccc45)(c4c[nH]c5ccccc45)CC3)CC2=O)cc1. The number of fused-ring (bicyclic) bond motifs is 2. The van der Waals surface area contributed by atoms with E-state index in [4.69, 9.17) is 0 Å². The Balaban J connectivity index is 1.13. The molecule has 2 aliphatic rings. The molecular weight excluding hydrogens is 526 g/mol. The van der Waals surface area contributed by atoms with Crippen molar-refractivity contribution >= 4 is 50.9 Å². The molecular formula is C34H33N5O3. The fraction of sp³-hybridized carbons (Fsp3) is 0.265. The molecule has 8 heteroatoms. The molecule has 2 saturated heterocycles. The van der Waals surface area contributed by atoms with Gasteiger partial charge in [-0.2, -0.15) is 0 Å². The third-order valence-corrected chi connectivity index (χ3v) is 9.11. The molecule has 0 aliphatic carbocycles. The van der Waals surface area contributed by atoms with Gasteiger partial charge in [-0.1, -0.05) is 36.4 Å². The van der Waals surface area contributed by atoms with Gasteiger partial charge in [-0.3, -0.25) is 14.4 Å². The summed E-state index contributed by atoms with van der Waals surface area (Å²) in [5.41, 5.74) is 5.90. The third-order valence-electron chi connectivity index (χ3n) is 9.11. The molecule has 3 N–H and O–H groups in total. The summed E-state index contributed by atoms with van der Waals surface area (Å²) in [5, 5.41) is 5.17. The van der Waals surface area contributed by atoms with Crippen LogP contribution in [0.2, 0.25) is 0 Å². The van der Waals surface area contributed by atoms with Crippen molar-refractivity contribution in [2.75, 3.05) is 29.9 Å². The Kier molecular flexibility index (Phi) is 6.34. The molecule has 0 spiro atoms. The standard InChI is InChI=1S/C34H33N5O3/c1-22(40)37-24-10-12-25(13-11-24)39-21-23(18-32(39)41)33(42)38-16-14-34(15-17-38,28-19-35-30-8-4-2-6-26(28)30)29-20-36-31-9-5-3-7-27(29)31/h2-13,19-20,23,35-36H,14-18,21H2,1H3,(H,37,40). The normalized spacial score (nSPS) is 18.6. The zero-order valence-electron chi connectivity index (χ0n) is 23.5. The molecule has 3 amide bonds. The van der Waals surface area contributed by atoms with Crippen LogP contribution in [-0.2, 0) is 19.8 Å². The Labute approximate surface area is 243 Å². The van der Waals surface area contributed by atoms with Gasteiger partial charge in [0.25, 0.3) is 0 Å². The van der Waals surface area contributed by atoms with Crippen molar-refractivity contribution in [3.63, 3.8) is 0 Å². The number of anilines is 2. The number of para-hydroxylation sites is 2. The molecule has 3 aromatic carbocycles. The third kappa shape index (κ3) is 4.34. The molecule has 8 nitrogen and oxygen atoms in total. The maximum absolute atomic E-state index is 13.8. The molecule has 2 aliphatic heterocycles. The van der Waals surface area contributed by atoms with Crippen LogP contribution in [0.15, 0.2) is 85.2 Å². The molecule has 212 valence electrons. The van der Waals surface area contributed by atoms with Crippen molar-refractivity contribution in [1.82, 2.24) is 14.9 Å². The first-order chi connectivity index (χ1) is 20.4. The number of rotatable bonds is 5. The van der Waals surface area contributed by atoms with Gasteiger partial charge < -0.3 is 25.1 Å². The largest absolute Gasteiger partial charge is 0.361 e. The second kappa shape index (κ2) is 10.2. The van der Waals surface area contributed by atoms with Crippen LogP contribution in [0.1, 0.15) is 37.3 Å². The minimum atomic E-state index is -0.374.